The molecule has 2 N–H and O–H groups in total. The van der Waals surface area contributed by atoms with Crippen molar-refractivity contribution in [1.82, 2.24) is 5.32 Å². The molecule has 7 heteroatoms. The molecule has 23 heavy (non-hydrogen) atoms. The van der Waals surface area contributed by atoms with E-state index in [4.69, 9.17) is 9.15 Å². The number of thioether (sulfide) groups is 1. The molecule has 2 heterocycles. The molecule has 122 valence electrons. The number of hydrogen-bond donors (Lipinski definition) is 2. The van der Waals surface area contributed by atoms with Crippen molar-refractivity contribution in [3.05, 3.63) is 30.0 Å². The first-order chi connectivity index (χ1) is 11.0. The van der Waals surface area contributed by atoms with Crippen LogP contribution in [-0.2, 0) is 16.0 Å². The number of amides is 1. The monoisotopic (exact) mass is 335 g/mol. The van der Waals surface area contributed by atoms with Gasteiger partial charge in [0, 0.05) is 22.8 Å². The van der Waals surface area contributed by atoms with Gasteiger partial charge in [-0.2, -0.15) is 11.8 Å². The highest BCUT2D eigenvalue weighted by Crippen LogP contribution is 2.29. The summed E-state index contributed by atoms with van der Waals surface area (Å²) in [5, 5.41) is 12.9. The molecule has 1 aliphatic rings. The van der Waals surface area contributed by atoms with E-state index in [1.165, 1.54) is 18.0 Å². The Balaban J connectivity index is 1.76. The molecule has 0 bridgehead atoms. The third-order valence-electron chi connectivity index (χ3n) is 4.02. The smallest absolute Gasteiger partial charge is 0.330 e. The molecule has 1 saturated heterocycles. The highest BCUT2D eigenvalue weighted by atomic mass is 32.2. The Labute approximate surface area is 137 Å². The summed E-state index contributed by atoms with van der Waals surface area (Å²) in [7, 11) is 1.57. The third-order valence-corrected chi connectivity index (χ3v) is 5.21. The molecule has 1 fully saturated rings. The largest absolute Gasteiger partial charge is 0.497 e. The molecule has 0 spiro atoms. The SMILES string of the molecule is COc1ccc2c(CC(=O)NC3(C(=O)O)CCSC3)coc2c1. The van der Waals surface area contributed by atoms with E-state index < -0.39 is 11.5 Å². The van der Waals surface area contributed by atoms with Gasteiger partial charge < -0.3 is 19.6 Å². The lowest BCUT2D eigenvalue weighted by molar-refractivity contribution is -0.146. The van der Waals surface area contributed by atoms with Gasteiger partial charge in [-0.25, -0.2) is 4.79 Å². The highest BCUT2D eigenvalue weighted by molar-refractivity contribution is 7.99. The summed E-state index contributed by atoms with van der Waals surface area (Å²) in [5.41, 5.74) is 0.215. The Hall–Kier alpha value is -2.15. The van der Waals surface area contributed by atoms with E-state index in [1.807, 2.05) is 6.07 Å². The van der Waals surface area contributed by atoms with E-state index in [1.54, 1.807) is 19.2 Å². The van der Waals surface area contributed by atoms with Crippen molar-refractivity contribution in [2.45, 2.75) is 18.4 Å². The molecule has 1 aromatic carbocycles. The van der Waals surface area contributed by atoms with Gasteiger partial charge >= 0.3 is 5.97 Å². The second-order valence-electron chi connectivity index (χ2n) is 5.54. The first-order valence-electron chi connectivity index (χ1n) is 7.20. The van der Waals surface area contributed by atoms with Gasteiger partial charge in [0.2, 0.25) is 5.91 Å². The van der Waals surface area contributed by atoms with Crippen molar-refractivity contribution in [2.75, 3.05) is 18.6 Å². The maximum atomic E-state index is 12.3. The van der Waals surface area contributed by atoms with Crippen LogP contribution >= 0.6 is 11.8 Å². The highest BCUT2D eigenvalue weighted by Gasteiger charge is 2.43. The van der Waals surface area contributed by atoms with Crippen molar-refractivity contribution >= 4 is 34.6 Å². The topological polar surface area (TPSA) is 88.8 Å². The minimum Gasteiger partial charge on any atom is -0.497 e. The molecule has 1 unspecified atom stereocenters. The van der Waals surface area contributed by atoms with Gasteiger partial charge in [0.1, 0.15) is 16.9 Å². The summed E-state index contributed by atoms with van der Waals surface area (Å²) < 4.78 is 10.6. The average molecular weight is 335 g/mol. The Morgan fingerprint density at radius 3 is 2.96 bits per heavy atom. The maximum Gasteiger partial charge on any atom is 0.330 e. The zero-order valence-electron chi connectivity index (χ0n) is 12.6. The quantitative estimate of drug-likeness (QED) is 0.869. The maximum absolute atomic E-state index is 12.3. The first kappa shape index (κ1) is 15.7. The molecule has 2 aromatic rings. The molecular formula is C16H17NO5S. The fourth-order valence-electron chi connectivity index (χ4n) is 2.70. The number of carboxylic acids is 1. The Morgan fingerprint density at radius 2 is 2.30 bits per heavy atom. The van der Waals surface area contributed by atoms with Gasteiger partial charge in [0.15, 0.2) is 0 Å². The van der Waals surface area contributed by atoms with Crippen LogP contribution in [0.1, 0.15) is 12.0 Å². The number of fused-ring (bicyclic) bond motifs is 1. The molecule has 1 amide bonds. The van der Waals surface area contributed by atoms with Gasteiger partial charge in [-0.3, -0.25) is 4.79 Å². The molecular weight excluding hydrogens is 318 g/mol. The van der Waals surface area contributed by atoms with Crippen LogP contribution in [0.4, 0.5) is 0 Å². The van der Waals surface area contributed by atoms with Crippen molar-refractivity contribution in [3.8, 4) is 5.75 Å². The lowest BCUT2D eigenvalue weighted by Crippen LogP contribution is -2.55. The number of furan rings is 1. The van der Waals surface area contributed by atoms with Crippen LogP contribution < -0.4 is 10.1 Å². The molecule has 0 saturated carbocycles. The van der Waals surface area contributed by atoms with Crippen LogP contribution in [0.3, 0.4) is 0 Å². The standard InChI is InChI=1S/C16H17NO5S/c1-21-11-2-3-12-10(8-22-13(12)7-11)6-14(18)17-16(15(19)20)4-5-23-9-16/h2-3,7-8H,4-6,9H2,1H3,(H,17,18)(H,19,20). The van der Waals surface area contributed by atoms with E-state index >= 15 is 0 Å². The summed E-state index contributed by atoms with van der Waals surface area (Å²) in [6, 6.07) is 5.38. The molecule has 6 nitrogen and oxygen atoms in total. The Bertz CT molecular complexity index is 748. The van der Waals surface area contributed by atoms with E-state index in [-0.39, 0.29) is 12.3 Å². The lowest BCUT2D eigenvalue weighted by atomic mass is 9.98. The van der Waals surface area contributed by atoms with Crippen molar-refractivity contribution in [3.63, 3.8) is 0 Å². The molecule has 1 atom stereocenters. The molecule has 3 rings (SSSR count). The van der Waals surface area contributed by atoms with Gasteiger partial charge in [0.05, 0.1) is 19.8 Å². The second-order valence-corrected chi connectivity index (χ2v) is 6.64. The Kier molecular flexibility index (Phi) is 4.21. The van der Waals surface area contributed by atoms with E-state index in [0.29, 0.717) is 23.5 Å². The number of rotatable bonds is 5. The second kappa shape index (κ2) is 6.16. The van der Waals surface area contributed by atoms with Gasteiger partial charge in [-0.15, -0.1) is 0 Å². The van der Waals surface area contributed by atoms with Crippen molar-refractivity contribution in [2.24, 2.45) is 0 Å². The predicted molar refractivity (Wildman–Crippen MR) is 86.9 cm³/mol. The number of carbonyl (C=O) groups is 2. The zero-order chi connectivity index (χ0) is 16.4. The van der Waals surface area contributed by atoms with E-state index in [2.05, 4.69) is 5.32 Å². The summed E-state index contributed by atoms with van der Waals surface area (Å²) in [6.45, 7) is 0. The molecule has 1 aromatic heterocycles. The van der Waals surface area contributed by atoms with Crippen molar-refractivity contribution < 1.29 is 23.8 Å². The summed E-state index contributed by atoms with van der Waals surface area (Å²) in [5.74, 6) is 0.528. The van der Waals surface area contributed by atoms with E-state index in [9.17, 15) is 14.7 Å². The number of benzene rings is 1. The number of carboxylic acid groups (broad SMARTS) is 1. The third kappa shape index (κ3) is 3.01. The van der Waals surface area contributed by atoms with Crippen LogP contribution in [0.15, 0.2) is 28.9 Å². The molecule has 0 radical (unpaired) electrons. The van der Waals surface area contributed by atoms with Gasteiger partial charge in [-0.1, -0.05) is 0 Å². The lowest BCUT2D eigenvalue weighted by Gasteiger charge is -2.24. The zero-order valence-corrected chi connectivity index (χ0v) is 13.4. The predicted octanol–water partition coefficient (Wildman–Crippen LogP) is 2.06. The van der Waals surface area contributed by atoms with Crippen LogP contribution in [0, 0.1) is 0 Å². The van der Waals surface area contributed by atoms with Crippen LogP contribution in [0.5, 0.6) is 5.75 Å². The number of ether oxygens (including phenoxy) is 1. The van der Waals surface area contributed by atoms with Gasteiger partial charge in [0.25, 0.3) is 0 Å². The number of carbonyl (C=O) groups excluding carboxylic acids is 1. The minimum absolute atomic E-state index is 0.0824. The minimum atomic E-state index is -1.15. The van der Waals surface area contributed by atoms with E-state index in [0.717, 1.165) is 16.7 Å². The average Bonchev–Trinajstić information content (AvgIpc) is 3.15. The number of nitrogens with one attached hydrogen (secondary N) is 1. The fraction of sp³-hybridized carbons (Fsp3) is 0.375. The van der Waals surface area contributed by atoms with Crippen molar-refractivity contribution in [1.29, 1.82) is 0 Å². The summed E-state index contributed by atoms with van der Waals surface area (Å²) in [4.78, 5) is 23.8. The van der Waals surface area contributed by atoms with Gasteiger partial charge in [-0.05, 0) is 24.3 Å². The summed E-state index contributed by atoms with van der Waals surface area (Å²) in [6.07, 6.45) is 2.06. The number of aliphatic carboxylic acids is 1. The molecule has 0 aliphatic carbocycles. The molecule has 1 aliphatic heterocycles. The van der Waals surface area contributed by atoms with Crippen LogP contribution in [0.25, 0.3) is 11.0 Å². The van der Waals surface area contributed by atoms with Crippen LogP contribution in [0.2, 0.25) is 0 Å². The summed E-state index contributed by atoms with van der Waals surface area (Å²) >= 11 is 1.54. The first-order valence-corrected chi connectivity index (χ1v) is 8.36. The normalized spacial score (nSPS) is 20.6. The Morgan fingerprint density at radius 1 is 1.48 bits per heavy atom. The van der Waals surface area contributed by atoms with Crippen LogP contribution in [-0.4, -0.2) is 41.1 Å². The number of methoxy groups -OCH3 is 1. The fourth-order valence-corrected chi connectivity index (χ4v) is 4.02. The number of hydrogen-bond acceptors (Lipinski definition) is 5.